The maximum Gasteiger partial charge on any atom is 0.0715 e. The van der Waals surface area contributed by atoms with Crippen LogP contribution >= 0.6 is 0 Å². The second-order valence-electron chi connectivity index (χ2n) is 12.8. The molecule has 8 rings (SSSR count). The van der Waals surface area contributed by atoms with E-state index in [0.29, 0.717) is 0 Å². The highest BCUT2D eigenvalue weighted by Gasteiger charge is 2.11. The van der Waals surface area contributed by atoms with Gasteiger partial charge in [-0.25, -0.2) is 4.98 Å². The first-order valence-corrected chi connectivity index (χ1v) is 17.2. The van der Waals surface area contributed by atoms with Gasteiger partial charge in [0.1, 0.15) is 0 Å². The number of benzene rings is 7. The molecule has 244 valence electrons. The zero-order valence-electron chi connectivity index (χ0n) is 28.4. The Hall–Kier alpha value is -6.71. The van der Waals surface area contributed by atoms with E-state index in [-0.39, 0.29) is 0 Å². The second-order valence-corrected chi connectivity index (χ2v) is 12.8. The van der Waals surface area contributed by atoms with Gasteiger partial charge < -0.3 is 11.1 Å². The van der Waals surface area contributed by atoms with Crippen molar-refractivity contribution in [1.29, 1.82) is 0 Å². The average Bonchev–Trinajstić information content (AvgIpc) is 3.21. The summed E-state index contributed by atoms with van der Waals surface area (Å²) in [5.74, 6) is 0. The summed E-state index contributed by atoms with van der Waals surface area (Å²) >= 11 is 0. The molecule has 0 atom stereocenters. The van der Waals surface area contributed by atoms with Crippen LogP contribution in [-0.2, 0) is 0 Å². The number of nitrogens with zero attached hydrogens (tertiary/aromatic N) is 1. The Morgan fingerprint density at radius 2 is 0.686 bits per heavy atom. The zero-order valence-corrected chi connectivity index (χ0v) is 28.4. The van der Waals surface area contributed by atoms with E-state index in [1.807, 2.05) is 19.2 Å². The lowest BCUT2D eigenvalue weighted by molar-refractivity contribution is 1.32. The average molecular weight is 656 g/mol. The molecule has 0 unspecified atom stereocenters. The van der Waals surface area contributed by atoms with Gasteiger partial charge in [-0.05, 0) is 104 Å². The minimum Gasteiger partial charge on any atom is -0.399 e. The van der Waals surface area contributed by atoms with Gasteiger partial charge >= 0.3 is 0 Å². The van der Waals surface area contributed by atoms with Gasteiger partial charge in [0.15, 0.2) is 0 Å². The molecule has 0 aliphatic carbocycles. The van der Waals surface area contributed by atoms with Crippen molar-refractivity contribution < 1.29 is 0 Å². The third-order valence-electron chi connectivity index (χ3n) is 9.44. The molecule has 3 nitrogen and oxygen atoms in total. The minimum atomic E-state index is 0.768. The summed E-state index contributed by atoms with van der Waals surface area (Å²) in [4.78, 5) is 5.22. The summed E-state index contributed by atoms with van der Waals surface area (Å²) in [6.07, 6.45) is 0. The van der Waals surface area contributed by atoms with Crippen molar-refractivity contribution in [2.75, 3.05) is 18.1 Å². The van der Waals surface area contributed by atoms with Crippen LogP contribution in [0.25, 0.3) is 78.1 Å². The van der Waals surface area contributed by atoms with Crippen molar-refractivity contribution >= 4 is 11.4 Å². The molecule has 3 N–H and O–H groups in total. The summed E-state index contributed by atoms with van der Waals surface area (Å²) in [6.45, 7) is 0. The molecule has 8 aromatic rings. The van der Waals surface area contributed by atoms with Gasteiger partial charge in [0, 0.05) is 29.5 Å². The quantitative estimate of drug-likeness (QED) is 0.160. The van der Waals surface area contributed by atoms with Gasteiger partial charge in [-0.2, -0.15) is 0 Å². The molecule has 0 saturated heterocycles. The molecule has 0 aliphatic rings. The molecule has 1 heterocycles. The summed E-state index contributed by atoms with van der Waals surface area (Å²) in [5, 5.41) is 3.19. The molecule has 7 aromatic carbocycles. The topological polar surface area (TPSA) is 50.9 Å². The smallest absolute Gasteiger partial charge is 0.0715 e. The lowest BCUT2D eigenvalue weighted by Gasteiger charge is -2.12. The van der Waals surface area contributed by atoms with Crippen molar-refractivity contribution in [2.24, 2.45) is 0 Å². The van der Waals surface area contributed by atoms with E-state index < -0.39 is 0 Å². The van der Waals surface area contributed by atoms with Crippen LogP contribution in [0.3, 0.4) is 0 Å². The second kappa shape index (κ2) is 14.0. The first-order valence-electron chi connectivity index (χ1n) is 17.2. The van der Waals surface area contributed by atoms with Gasteiger partial charge in [0.2, 0.25) is 0 Å². The predicted octanol–water partition coefficient (Wildman–Crippen LogP) is 12.4. The largest absolute Gasteiger partial charge is 0.399 e. The predicted molar refractivity (Wildman–Crippen MR) is 216 cm³/mol. The summed E-state index contributed by atoms with van der Waals surface area (Å²) in [7, 11) is 1.94. The van der Waals surface area contributed by atoms with Crippen LogP contribution < -0.4 is 11.1 Å². The Labute approximate surface area is 299 Å². The normalized spacial score (nSPS) is 10.9. The molecule has 0 aliphatic heterocycles. The van der Waals surface area contributed by atoms with Crippen LogP contribution in [0.15, 0.2) is 188 Å². The molecule has 0 radical (unpaired) electrons. The van der Waals surface area contributed by atoms with Crippen LogP contribution in [0.1, 0.15) is 0 Å². The number of hydrogen-bond acceptors (Lipinski definition) is 3. The van der Waals surface area contributed by atoms with Gasteiger partial charge in [-0.1, -0.05) is 140 Å². The SMILES string of the molecule is CNc1ccc(-c2cccc(-c3ccc(-c4cc(-c5ccccc5)cc(-c5ccc(-c6cccc(-c7ccc(N)cc7)c6)cc5)n4)cc3)c2)cc1. The van der Waals surface area contributed by atoms with E-state index in [1.54, 1.807) is 0 Å². The van der Waals surface area contributed by atoms with E-state index in [0.717, 1.165) is 61.7 Å². The van der Waals surface area contributed by atoms with Crippen molar-refractivity contribution in [3.8, 4) is 78.1 Å². The highest BCUT2D eigenvalue weighted by molar-refractivity contribution is 5.80. The maximum absolute atomic E-state index is 5.92. The van der Waals surface area contributed by atoms with E-state index in [4.69, 9.17) is 10.7 Å². The van der Waals surface area contributed by atoms with Crippen LogP contribution in [0.2, 0.25) is 0 Å². The van der Waals surface area contributed by atoms with Crippen LogP contribution in [0.5, 0.6) is 0 Å². The number of nitrogen functional groups attached to an aromatic ring is 1. The lowest BCUT2D eigenvalue weighted by atomic mass is 9.96. The summed E-state index contributed by atoms with van der Waals surface area (Å²) < 4.78 is 0. The number of rotatable bonds is 8. The summed E-state index contributed by atoms with van der Waals surface area (Å²) in [5.41, 5.74) is 23.5. The van der Waals surface area contributed by atoms with E-state index in [9.17, 15) is 0 Å². The fraction of sp³-hybridized carbons (Fsp3) is 0.0208. The number of pyridine rings is 1. The molecule has 0 fully saturated rings. The van der Waals surface area contributed by atoms with Gasteiger partial charge in [-0.3, -0.25) is 0 Å². The summed E-state index contributed by atoms with van der Waals surface area (Å²) in [6, 6.07) is 66.3. The molecule has 0 amide bonds. The fourth-order valence-electron chi connectivity index (χ4n) is 6.55. The van der Waals surface area contributed by atoms with Crippen LogP contribution in [0.4, 0.5) is 11.4 Å². The first-order chi connectivity index (χ1) is 25.1. The Balaban J connectivity index is 1.10. The van der Waals surface area contributed by atoms with Gasteiger partial charge in [-0.15, -0.1) is 0 Å². The lowest BCUT2D eigenvalue weighted by Crippen LogP contribution is -1.92. The van der Waals surface area contributed by atoms with E-state index in [2.05, 4.69) is 181 Å². The molecular formula is C48H37N3. The highest BCUT2D eigenvalue weighted by atomic mass is 14.8. The van der Waals surface area contributed by atoms with Crippen LogP contribution in [-0.4, -0.2) is 12.0 Å². The van der Waals surface area contributed by atoms with Crippen molar-refractivity contribution in [2.45, 2.75) is 0 Å². The number of anilines is 2. The minimum absolute atomic E-state index is 0.768. The third kappa shape index (κ3) is 6.92. The van der Waals surface area contributed by atoms with Gasteiger partial charge in [0.05, 0.1) is 11.4 Å². The van der Waals surface area contributed by atoms with Crippen LogP contribution in [0, 0.1) is 0 Å². The van der Waals surface area contributed by atoms with Crippen molar-refractivity contribution in [1.82, 2.24) is 4.98 Å². The number of hydrogen-bond donors (Lipinski definition) is 2. The Bertz CT molecular complexity index is 2410. The molecule has 1 aromatic heterocycles. The third-order valence-corrected chi connectivity index (χ3v) is 9.44. The molecular weight excluding hydrogens is 619 g/mol. The maximum atomic E-state index is 5.92. The van der Waals surface area contributed by atoms with E-state index >= 15 is 0 Å². The first kappa shape index (κ1) is 31.6. The van der Waals surface area contributed by atoms with Crippen molar-refractivity contribution in [3.05, 3.63) is 188 Å². The fourth-order valence-corrected chi connectivity index (χ4v) is 6.55. The standard InChI is InChI=1S/C48H37N3/c1-50-46-27-23-37(24-28-46)43-12-6-10-41(30-43)35-15-19-39(20-16-35)48-32-44(33-7-3-2-4-8-33)31-47(51-48)38-17-13-34(14-18-38)40-9-5-11-42(29-40)36-21-25-45(49)26-22-36/h2-32,50H,49H2,1H3. The molecule has 51 heavy (non-hydrogen) atoms. The molecule has 0 spiro atoms. The molecule has 0 bridgehead atoms. The highest BCUT2D eigenvalue weighted by Crippen LogP contribution is 2.34. The molecule has 3 heteroatoms. The molecule has 0 saturated carbocycles. The monoisotopic (exact) mass is 655 g/mol. The van der Waals surface area contributed by atoms with Crippen molar-refractivity contribution in [3.63, 3.8) is 0 Å². The Morgan fingerprint density at radius 3 is 1.12 bits per heavy atom. The number of aromatic nitrogens is 1. The zero-order chi connectivity index (χ0) is 34.6. The van der Waals surface area contributed by atoms with Gasteiger partial charge in [0.25, 0.3) is 0 Å². The Kier molecular flexibility index (Phi) is 8.68. The van der Waals surface area contributed by atoms with E-state index in [1.165, 1.54) is 27.8 Å². The number of nitrogens with one attached hydrogen (secondary N) is 1. The Morgan fingerprint density at radius 1 is 0.333 bits per heavy atom. The number of nitrogens with two attached hydrogens (primary N) is 1.